The number of amides is 1. The third-order valence-corrected chi connectivity index (χ3v) is 5.33. The standard InChI is InChI=1S/C22H22ClN3O/c1-14(18-8-4-6-15-5-2-3-7-19(15)18)25-22(27)20-11-16(9-10-21(20)23)26-17-12-24-13-17/h2-11,14,17,24,26H,12-13H2,1H3,(H,25,27)/t14-/m1/s1. The predicted octanol–water partition coefficient (Wildman–Crippen LogP) is 4.37. The predicted molar refractivity (Wildman–Crippen MR) is 112 cm³/mol. The molecule has 1 atom stereocenters. The summed E-state index contributed by atoms with van der Waals surface area (Å²) < 4.78 is 0. The Morgan fingerprint density at radius 1 is 1.11 bits per heavy atom. The Kier molecular flexibility index (Phi) is 5.01. The first-order valence-corrected chi connectivity index (χ1v) is 9.55. The number of carbonyl (C=O) groups is 1. The maximum Gasteiger partial charge on any atom is 0.253 e. The molecule has 138 valence electrons. The molecular weight excluding hydrogens is 358 g/mol. The van der Waals surface area contributed by atoms with Gasteiger partial charge in [-0.2, -0.15) is 0 Å². The minimum atomic E-state index is -0.171. The van der Waals surface area contributed by atoms with E-state index in [1.807, 2.05) is 37.3 Å². The van der Waals surface area contributed by atoms with Crippen LogP contribution in [0.25, 0.3) is 10.8 Å². The van der Waals surface area contributed by atoms with Crippen LogP contribution < -0.4 is 16.0 Å². The molecule has 0 spiro atoms. The third-order valence-electron chi connectivity index (χ3n) is 5.00. The number of nitrogens with one attached hydrogen (secondary N) is 3. The molecule has 5 heteroatoms. The summed E-state index contributed by atoms with van der Waals surface area (Å²) in [5, 5.41) is 12.5. The Hall–Kier alpha value is -2.56. The third kappa shape index (κ3) is 3.77. The molecule has 1 aliphatic heterocycles. The summed E-state index contributed by atoms with van der Waals surface area (Å²) in [5.74, 6) is -0.171. The number of halogens is 1. The molecule has 1 amide bonds. The number of benzene rings is 3. The average molecular weight is 380 g/mol. The van der Waals surface area contributed by atoms with E-state index in [1.165, 1.54) is 0 Å². The van der Waals surface area contributed by atoms with E-state index in [9.17, 15) is 4.79 Å². The van der Waals surface area contributed by atoms with Gasteiger partial charge in [-0.3, -0.25) is 4.79 Å². The molecule has 0 saturated carbocycles. The van der Waals surface area contributed by atoms with Crippen molar-refractivity contribution in [3.63, 3.8) is 0 Å². The van der Waals surface area contributed by atoms with Gasteiger partial charge >= 0.3 is 0 Å². The Labute approximate surface area is 163 Å². The molecule has 3 aromatic carbocycles. The highest BCUT2D eigenvalue weighted by Gasteiger charge is 2.19. The van der Waals surface area contributed by atoms with E-state index in [1.54, 1.807) is 6.07 Å². The van der Waals surface area contributed by atoms with Gasteiger partial charge in [0, 0.05) is 18.8 Å². The lowest BCUT2D eigenvalue weighted by atomic mass is 9.99. The summed E-state index contributed by atoms with van der Waals surface area (Å²) in [6.45, 7) is 3.86. The van der Waals surface area contributed by atoms with Gasteiger partial charge in [-0.15, -0.1) is 0 Å². The van der Waals surface area contributed by atoms with Gasteiger partial charge in [0.15, 0.2) is 0 Å². The minimum Gasteiger partial charge on any atom is -0.380 e. The van der Waals surface area contributed by atoms with Crippen LogP contribution in [0.2, 0.25) is 5.02 Å². The molecule has 1 heterocycles. The Morgan fingerprint density at radius 2 is 1.89 bits per heavy atom. The number of anilines is 1. The van der Waals surface area contributed by atoms with Gasteiger partial charge in [-0.05, 0) is 41.5 Å². The summed E-state index contributed by atoms with van der Waals surface area (Å²) in [6.07, 6.45) is 0. The molecule has 0 bridgehead atoms. The Balaban J connectivity index is 1.55. The lowest BCUT2D eigenvalue weighted by Gasteiger charge is -2.29. The van der Waals surface area contributed by atoms with Crippen molar-refractivity contribution in [3.8, 4) is 0 Å². The van der Waals surface area contributed by atoms with E-state index in [0.717, 1.165) is 35.1 Å². The van der Waals surface area contributed by atoms with Crippen LogP contribution in [-0.4, -0.2) is 25.0 Å². The van der Waals surface area contributed by atoms with Crippen molar-refractivity contribution in [2.24, 2.45) is 0 Å². The minimum absolute atomic E-state index is 0.132. The molecule has 0 aromatic heterocycles. The Bertz CT molecular complexity index is 979. The smallest absolute Gasteiger partial charge is 0.253 e. The molecule has 3 aromatic rings. The van der Waals surface area contributed by atoms with Gasteiger partial charge in [0.05, 0.1) is 22.7 Å². The van der Waals surface area contributed by atoms with Gasteiger partial charge in [0.2, 0.25) is 0 Å². The summed E-state index contributed by atoms with van der Waals surface area (Å²) in [5.41, 5.74) is 2.49. The van der Waals surface area contributed by atoms with Gasteiger partial charge in [0.25, 0.3) is 5.91 Å². The van der Waals surface area contributed by atoms with Gasteiger partial charge in [-0.1, -0.05) is 54.1 Å². The number of fused-ring (bicyclic) bond motifs is 1. The number of carbonyl (C=O) groups excluding carboxylic acids is 1. The van der Waals surface area contributed by atoms with E-state index >= 15 is 0 Å². The summed E-state index contributed by atoms with van der Waals surface area (Å²) in [6, 6.07) is 20.1. The van der Waals surface area contributed by atoms with Crippen molar-refractivity contribution in [3.05, 3.63) is 76.8 Å². The topological polar surface area (TPSA) is 53.2 Å². The maximum absolute atomic E-state index is 12.9. The second-order valence-electron chi connectivity index (χ2n) is 6.96. The molecule has 0 radical (unpaired) electrons. The molecule has 0 aliphatic carbocycles. The van der Waals surface area contributed by atoms with Crippen molar-refractivity contribution in [2.75, 3.05) is 18.4 Å². The monoisotopic (exact) mass is 379 g/mol. The summed E-state index contributed by atoms with van der Waals surface area (Å²) in [4.78, 5) is 12.9. The van der Waals surface area contributed by atoms with Crippen molar-refractivity contribution in [1.29, 1.82) is 0 Å². The summed E-state index contributed by atoms with van der Waals surface area (Å²) in [7, 11) is 0. The molecule has 1 fully saturated rings. The normalized spacial score (nSPS) is 15.2. The largest absolute Gasteiger partial charge is 0.380 e. The molecule has 4 nitrogen and oxygen atoms in total. The van der Waals surface area contributed by atoms with Crippen molar-refractivity contribution in [1.82, 2.24) is 10.6 Å². The zero-order valence-electron chi connectivity index (χ0n) is 15.1. The van der Waals surface area contributed by atoms with E-state index in [0.29, 0.717) is 16.6 Å². The van der Waals surface area contributed by atoms with Crippen LogP contribution in [0.5, 0.6) is 0 Å². The second kappa shape index (κ2) is 7.59. The van der Waals surface area contributed by atoms with Crippen LogP contribution in [-0.2, 0) is 0 Å². The lowest BCUT2D eigenvalue weighted by Crippen LogP contribution is -2.51. The van der Waals surface area contributed by atoms with Gasteiger partial charge < -0.3 is 16.0 Å². The van der Waals surface area contributed by atoms with Crippen LogP contribution in [0.3, 0.4) is 0 Å². The number of rotatable bonds is 5. The van der Waals surface area contributed by atoms with Crippen LogP contribution >= 0.6 is 11.6 Å². The van der Waals surface area contributed by atoms with Crippen LogP contribution in [0.4, 0.5) is 5.69 Å². The number of hydrogen-bond acceptors (Lipinski definition) is 3. The van der Waals surface area contributed by atoms with Crippen LogP contribution in [0.15, 0.2) is 60.7 Å². The van der Waals surface area contributed by atoms with Gasteiger partial charge in [-0.25, -0.2) is 0 Å². The first-order valence-electron chi connectivity index (χ1n) is 9.17. The van der Waals surface area contributed by atoms with Gasteiger partial charge in [0.1, 0.15) is 0 Å². The van der Waals surface area contributed by atoms with Crippen molar-refractivity contribution in [2.45, 2.75) is 19.0 Å². The van der Waals surface area contributed by atoms with Crippen LogP contribution in [0.1, 0.15) is 28.9 Å². The molecule has 4 rings (SSSR count). The second-order valence-corrected chi connectivity index (χ2v) is 7.36. The summed E-state index contributed by atoms with van der Waals surface area (Å²) >= 11 is 6.30. The van der Waals surface area contributed by atoms with E-state index < -0.39 is 0 Å². The fraction of sp³-hybridized carbons (Fsp3) is 0.227. The fourth-order valence-electron chi connectivity index (χ4n) is 3.40. The zero-order valence-corrected chi connectivity index (χ0v) is 15.9. The molecule has 3 N–H and O–H groups in total. The highest BCUT2D eigenvalue weighted by molar-refractivity contribution is 6.34. The van der Waals surface area contributed by atoms with E-state index in [4.69, 9.17) is 11.6 Å². The molecule has 1 saturated heterocycles. The highest BCUT2D eigenvalue weighted by atomic mass is 35.5. The first kappa shape index (κ1) is 17.8. The Morgan fingerprint density at radius 3 is 2.67 bits per heavy atom. The van der Waals surface area contributed by atoms with E-state index in [2.05, 4.69) is 40.2 Å². The molecule has 1 aliphatic rings. The SMILES string of the molecule is C[C@@H](NC(=O)c1cc(NC2CNC2)ccc1Cl)c1cccc2ccccc12. The molecule has 27 heavy (non-hydrogen) atoms. The van der Waals surface area contributed by atoms with Crippen molar-refractivity contribution >= 4 is 34.0 Å². The number of hydrogen-bond donors (Lipinski definition) is 3. The fourth-order valence-corrected chi connectivity index (χ4v) is 3.60. The maximum atomic E-state index is 12.9. The lowest BCUT2D eigenvalue weighted by molar-refractivity contribution is 0.0940. The molecule has 0 unspecified atom stereocenters. The average Bonchev–Trinajstić information content (AvgIpc) is 2.65. The molecular formula is C22H22ClN3O. The highest BCUT2D eigenvalue weighted by Crippen LogP contribution is 2.26. The van der Waals surface area contributed by atoms with Crippen LogP contribution in [0, 0.1) is 0 Å². The van der Waals surface area contributed by atoms with Crippen molar-refractivity contribution < 1.29 is 4.79 Å². The zero-order chi connectivity index (χ0) is 18.8. The first-order chi connectivity index (χ1) is 13.1. The van der Waals surface area contributed by atoms with E-state index in [-0.39, 0.29) is 11.9 Å². The quantitative estimate of drug-likeness (QED) is 0.617.